The lowest BCUT2D eigenvalue weighted by Crippen LogP contribution is -2.33. The molecule has 0 spiro atoms. The highest BCUT2D eigenvalue weighted by Gasteiger charge is 2.25. The smallest absolute Gasteiger partial charge is 0.268 e. The van der Waals surface area contributed by atoms with Crippen molar-refractivity contribution in [2.75, 3.05) is 7.11 Å². The van der Waals surface area contributed by atoms with Gasteiger partial charge in [0.05, 0.1) is 13.2 Å². The number of ether oxygens (including phenoxy) is 1. The molecule has 0 fully saturated rings. The molecule has 7 nitrogen and oxygen atoms in total. The third-order valence-corrected chi connectivity index (χ3v) is 4.66. The maximum Gasteiger partial charge on any atom is 0.268 e. The van der Waals surface area contributed by atoms with Gasteiger partial charge in [-0.2, -0.15) is 0 Å². The molecule has 138 valence electrons. The highest BCUT2D eigenvalue weighted by Crippen LogP contribution is 2.27. The lowest BCUT2D eigenvalue weighted by Gasteiger charge is -2.20. The Kier molecular flexibility index (Phi) is 4.27. The van der Waals surface area contributed by atoms with Crippen LogP contribution in [-0.2, 0) is 0 Å². The van der Waals surface area contributed by atoms with Gasteiger partial charge in [-0.1, -0.05) is 26.0 Å². The van der Waals surface area contributed by atoms with E-state index in [9.17, 15) is 4.79 Å². The second-order valence-corrected chi connectivity index (χ2v) is 6.79. The van der Waals surface area contributed by atoms with Crippen molar-refractivity contribution in [1.29, 1.82) is 0 Å². The van der Waals surface area contributed by atoms with E-state index in [-0.39, 0.29) is 17.9 Å². The first-order valence-electron chi connectivity index (χ1n) is 8.84. The summed E-state index contributed by atoms with van der Waals surface area (Å²) in [6.07, 6.45) is 1.90. The summed E-state index contributed by atoms with van der Waals surface area (Å²) in [6, 6.07) is 12.9. The molecule has 27 heavy (non-hydrogen) atoms. The Labute approximate surface area is 156 Å². The van der Waals surface area contributed by atoms with Crippen molar-refractivity contribution in [2.45, 2.75) is 19.9 Å². The summed E-state index contributed by atoms with van der Waals surface area (Å²) >= 11 is 0. The van der Waals surface area contributed by atoms with Crippen LogP contribution >= 0.6 is 0 Å². The normalized spacial score (nSPS) is 12.6. The van der Waals surface area contributed by atoms with Gasteiger partial charge in [0.15, 0.2) is 11.5 Å². The quantitative estimate of drug-likeness (QED) is 0.569. The molecular formula is C20H21N5O2. The molecule has 0 unspecified atom stereocenters. The average Bonchev–Trinajstić information content (AvgIpc) is 3.29. The highest BCUT2D eigenvalue weighted by atomic mass is 16.5. The number of pyridine rings is 1. The van der Waals surface area contributed by atoms with Crippen LogP contribution in [0.4, 0.5) is 0 Å². The summed E-state index contributed by atoms with van der Waals surface area (Å²) in [6.45, 7) is 4.09. The molecule has 1 atom stereocenters. The number of carbonyl (C=O) groups is 1. The highest BCUT2D eigenvalue weighted by molar-refractivity contribution is 5.99. The Morgan fingerprint density at radius 1 is 1.19 bits per heavy atom. The zero-order valence-electron chi connectivity index (χ0n) is 15.4. The van der Waals surface area contributed by atoms with E-state index in [0.29, 0.717) is 11.5 Å². The molecular weight excluding hydrogens is 342 g/mol. The Morgan fingerprint density at radius 3 is 2.81 bits per heavy atom. The summed E-state index contributed by atoms with van der Waals surface area (Å²) in [5.74, 6) is 1.38. The van der Waals surface area contributed by atoms with Crippen LogP contribution in [0.15, 0.2) is 48.7 Å². The van der Waals surface area contributed by atoms with Crippen LogP contribution in [0.2, 0.25) is 0 Å². The SMILES string of the molecule is COc1cccc2[nH]c(C(=O)N[C@H](c3nnc4ccccn34)C(C)C)cc12. The molecule has 0 radical (unpaired) electrons. The fourth-order valence-electron chi connectivity index (χ4n) is 3.25. The standard InChI is InChI=1S/C20H21N5O2/c1-12(2)18(19-24-23-17-9-4-5-10-25(17)19)22-20(26)15-11-13-14(21-15)7-6-8-16(13)27-3/h4-12,18,21H,1-3H3,(H,22,26)/t18-/m0/s1. The van der Waals surface area contributed by atoms with Crippen LogP contribution in [0.3, 0.4) is 0 Å². The Hall–Kier alpha value is -3.35. The summed E-state index contributed by atoms with van der Waals surface area (Å²) in [7, 11) is 1.62. The van der Waals surface area contributed by atoms with E-state index < -0.39 is 0 Å². The largest absolute Gasteiger partial charge is 0.496 e. The number of amides is 1. The number of nitrogens with zero attached hydrogens (tertiary/aromatic N) is 3. The van der Waals surface area contributed by atoms with Crippen LogP contribution < -0.4 is 10.1 Å². The molecule has 2 N–H and O–H groups in total. The molecule has 1 aromatic carbocycles. The van der Waals surface area contributed by atoms with Gasteiger partial charge in [-0.3, -0.25) is 9.20 Å². The van der Waals surface area contributed by atoms with E-state index in [1.165, 1.54) is 0 Å². The molecule has 0 bridgehead atoms. The van der Waals surface area contributed by atoms with E-state index >= 15 is 0 Å². The minimum absolute atomic E-state index is 0.139. The minimum atomic E-state index is -0.275. The number of rotatable bonds is 5. The maximum absolute atomic E-state index is 12.9. The Balaban J connectivity index is 1.67. The van der Waals surface area contributed by atoms with Crippen molar-refractivity contribution in [3.63, 3.8) is 0 Å². The molecule has 7 heteroatoms. The van der Waals surface area contributed by atoms with Crippen LogP contribution in [0, 0.1) is 5.92 Å². The van der Waals surface area contributed by atoms with Crippen molar-refractivity contribution < 1.29 is 9.53 Å². The molecule has 1 amide bonds. The third kappa shape index (κ3) is 3.01. The zero-order valence-corrected chi connectivity index (χ0v) is 15.4. The van der Waals surface area contributed by atoms with E-state index in [1.807, 2.05) is 66.9 Å². The molecule has 4 rings (SSSR count). The van der Waals surface area contributed by atoms with E-state index in [0.717, 1.165) is 22.3 Å². The van der Waals surface area contributed by atoms with E-state index in [4.69, 9.17) is 4.74 Å². The molecule has 3 heterocycles. The van der Waals surface area contributed by atoms with Crippen LogP contribution in [0.25, 0.3) is 16.6 Å². The summed E-state index contributed by atoms with van der Waals surface area (Å²) in [5.41, 5.74) is 2.09. The van der Waals surface area contributed by atoms with Crippen LogP contribution in [0.5, 0.6) is 5.75 Å². The predicted octanol–water partition coefficient (Wildman–Crippen LogP) is 3.35. The van der Waals surface area contributed by atoms with Gasteiger partial charge in [0.2, 0.25) is 0 Å². The number of fused-ring (bicyclic) bond motifs is 2. The number of aromatic nitrogens is 4. The maximum atomic E-state index is 12.9. The number of H-pyrrole nitrogens is 1. The van der Waals surface area contributed by atoms with Crippen molar-refractivity contribution >= 4 is 22.5 Å². The number of nitrogens with one attached hydrogen (secondary N) is 2. The van der Waals surface area contributed by atoms with E-state index in [1.54, 1.807) is 7.11 Å². The van der Waals surface area contributed by atoms with Gasteiger partial charge >= 0.3 is 0 Å². The Bertz CT molecular complexity index is 1110. The minimum Gasteiger partial charge on any atom is -0.496 e. The number of carbonyl (C=O) groups excluding carboxylic acids is 1. The van der Waals surface area contributed by atoms with Crippen molar-refractivity contribution in [1.82, 2.24) is 24.9 Å². The molecule has 0 aliphatic heterocycles. The van der Waals surface area contributed by atoms with Crippen molar-refractivity contribution in [2.24, 2.45) is 5.92 Å². The molecule has 0 saturated heterocycles. The summed E-state index contributed by atoms with van der Waals surface area (Å²) in [4.78, 5) is 16.1. The first-order chi connectivity index (χ1) is 13.1. The molecule has 4 aromatic rings. The first kappa shape index (κ1) is 17.1. The predicted molar refractivity (Wildman–Crippen MR) is 103 cm³/mol. The lowest BCUT2D eigenvalue weighted by molar-refractivity contribution is 0.0918. The lowest BCUT2D eigenvalue weighted by atomic mass is 10.0. The number of methoxy groups -OCH3 is 1. The number of benzene rings is 1. The molecule has 0 aliphatic carbocycles. The number of hydrogen-bond acceptors (Lipinski definition) is 4. The van der Waals surface area contributed by atoms with Crippen molar-refractivity contribution in [3.05, 3.63) is 60.2 Å². The fraction of sp³-hybridized carbons (Fsp3) is 0.250. The second kappa shape index (κ2) is 6.75. The second-order valence-electron chi connectivity index (χ2n) is 6.79. The third-order valence-electron chi connectivity index (χ3n) is 4.66. The first-order valence-corrected chi connectivity index (χ1v) is 8.84. The molecule has 0 aliphatic rings. The van der Waals surface area contributed by atoms with Gasteiger partial charge in [-0.25, -0.2) is 0 Å². The van der Waals surface area contributed by atoms with Gasteiger partial charge in [0, 0.05) is 17.1 Å². The number of aromatic amines is 1. The van der Waals surface area contributed by atoms with Crippen molar-refractivity contribution in [3.8, 4) is 5.75 Å². The van der Waals surface area contributed by atoms with Gasteiger partial charge in [-0.05, 0) is 36.2 Å². The van der Waals surface area contributed by atoms with Gasteiger partial charge in [0.1, 0.15) is 11.4 Å². The molecule has 0 saturated carbocycles. The van der Waals surface area contributed by atoms with E-state index in [2.05, 4.69) is 20.5 Å². The molecule has 3 aromatic heterocycles. The number of hydrogen-bond donors (Lipinski definition) is 2. The zero-order chi connectivity index (χ0) is 19.0. The summed E-state index contributed by atoms with van der Waals surface area (Å²) < 4.78 is 7.28. The van der Waals surface area contributed by atoms with Gasteiger partial charge in [0.25, 0.3) is 5.91 Å². The topological polar surface area (TPSA) is 84.3 Å². The summed E-state index contributed by atoms with van der Waals surface area (Å²) in [5, 5.41) is 12.5. The van der Waals surface area contributed by atoms with Gasteiger partial charge in [-0.15, -0.1) is 10.2 Å². The Morgan fingerprint density at radius 2 is 2.04 bits per heavy atom. The van der Waals surface area contributed by atoms with Crippen LogP contribution in [-0.4, -0.2) is 32.6 Å². The van der Waals surface area contributed by atoms with Crippen LogP contribution in [0.1, 0.15) is 36.2 Å². The average molecular weight is 363 g/mol. The fourth-order valence-corrected chi connectivity index (χ4v) is 3.25. The monoisotopic (exact) mass is 363 g/mol. The van der Waals surface area contributed by atoms with Gasteiger partial charge < -0.3 is 15.0 Å².